The lowest BCUT2D eigenvalue weighted by Gasteiger charge is -2.24. The minimum absolute atomic E-state index is 0.284. The molecule has 1 heterocycles. The number of nitrogens with one attached hydrogen (secondary N) is 1. The fraction of sp³-hybridized carbons (Fsp3) is 1.00. The molecule has 15 heavy (non-hydrogen) atoms. The topological polar surface area (TPSA) is 30.5 Å². The van der Waals surface area contributed by atoms with Crippen LogP contribution in [-0.4, -0.2) is 38.5 Å². The summed E-state index contributed by atoms with van der Waals surface area (Å²) in [6.07, 6.45) is 5.55. The Balaban J connectivity index is 2.23. The minimum atomic E-state index is 0.284. The third kappa shape index (κ3) is 4.49. The van der Waals surface area contributed by atoms with Crippen molar-refractivity contribution in [2.45, 2.75) is 57.8 Å². The van der Waals surface area contributed by atoms with Gasteiger partial charge in [-0.3, -0.25) is 0 Å². The summed E-state index contributed by atoms with van der Waals surface area (Å²) in [5.41, 5.74) is 0. The van der Waals surface area contributed by atoms with Crippen molar-refractivity contribution < 1.29 is 9.47 Å². The Hall–Kier alpha value is -0.120. The first-order valence-electron chi connectivity index (χ1n) is 6.15. The number of likely N-dealkylation sites (N-methyl/N-ethyl adjacent to an activating group) is 1. The molecule has 1 saturated heterocycles. The van der Waals surface area contributed by atoms with Crippen LogP contribution in [0.15, 0.2) is 0 Å². The van der Waals surface area contributed by atoms with Crippen molar-refractivity contribution in [2.24, 2.45) is 0 Å². The van der Waals surface area contributed by atoms with Crippen LogP contribution in [0, 0.1) is 0 Å². The van der Waals surface area contributed by atoms with E-state index in [4.69, 9.17) is 9.47 Å². The van der Waals surface area contributed by atoms with Crippen LogP contribution in [0.1, 0.15) is 39.5 Å². The normalized spacial score (nSPS) is 25.4. The highest BCUT2D eigenvalue weighted by molar-refractivity contribution is 4.76. The van der Waals surface area contributed by atoms with E-state index in [2.05, 4.69) is 19.2 Å². The second-order valence-corrected chi connectivity index (χ2v) is 4.32. The molecule has 1 rings (SSSR count). The van der Waals surface area contributed by atoms with Crippen LogP contribution in [0.5, 0.6) is 0 Å². The predicted octanol–water partition coefficient (Wildman–Crippen LogP) is 1.96. The smallest absolute Gasteiger partial charge is 0.0696 e. The van der Waals surface area contributed by atoms with Crippen LogP contribution >= 0.6 is 0 Å². The van der Waals surface area contributed by atoms with Crippen LogP contribution in [-0.2, 0) is 9.47 Å². The molecule has 3 unspecified atom stereocenters. The molecule has 1 aliphatic rings. The zero-order chi connectivity index (χ0) is 11.1. The average molecular weight is 215 g/mol. The fourth-order valence-electron chi connectivity index (χ4n) is 2.17. The maximum Gasteiger partial charge on any atom is 0.0696 e. The Labute approximate surface area is 93.5 Å². The molecule has 0 spiro atoms. The largest absolute Gasteiger partial charge is 0.380 e. The molecular formula is C12H25NO2. The summed E-state index contributed by atoms with van der Waals surface area (Å²) in [6.45, 7) is 6.23. The summed E-state index contributed by atoms with van der Waals surface area (Å²) < 4.78 is 11.0. The molecule has 0 aliphatic carbocycles. The van der Waals surface area contributed by atoms with E-state index in [0.717, 1.165) is 26.0 Å². The first-order valence-corrected chi connectivity index (χ1v) is 6.15. The van der Waals surface area contributed by atoms with Crippen molar-refractivity contribution in [3.63, 3.8) is 0 Å². The maximum atomic E-state index is 5.63. The number of methoxy groups -OCH3 is 1. The fourth-order valence-corrected chi connectivity index (χ4v) is 2.17. The zero-order valence-electron chi connectivity index (χ0n) is 10.3. The Morgan fingerprint density at radius 3 is 2.87 bits per heavy atom. The molecule has 3 nitrogen and oxygen atoms in total. The number of hydrogen-bond donors (Lipinski definition) is 1. The summed E-state index contributed by atoms with van der Waals surface area (Å²) >= 11 is 0. The lowest BCUT2D eigenvalue weighted by Crippen LogP contribution is -2.39. The molecule has 3 atom stereocenters. The minimum Gasteiger partial charge on any atom is -0.380 e. The van der Waals surface area contributed by atoms with Crippen LogP contribution in [0.2, 0.25) is 0 Å². The second-order valence-electron chi connectivity index (χ2n) is 4.32. The molecule has 1 N–H and O–H groups in total. The number of hydrogen-bond acceptors (Lipinski definition) is 3. The summed E-state index contributed by atoms with van der Waals surface area (Å²) in [5.74, 6) is 0. The van der Waals surface area contributed by atoms with Gasteiger partial charge in [0.25, 0.3) is 0 Å². The van der Waals surface area contributed by atoms with Gasteiger partial charge in [0.1, 0.15) is 0 Å². The second kappa shape index (κ2) is 7.20. The molecule has 90 valence electrons. The Bertz CT molecular complexity index is 158. The van der Waals surface area contributed by atoms with Crippen molar-refractivity contribution in [1.82, 2.24) is 5.32 Å². The van der Waals surface area contributed by atoms with Gasteiger partial charge in [-0.1, -0.05) is 6.92 Å². The monoisotopic (exact) mass is 215 g/mol. The van der Waals surface area contributed by atoms with Crippen LogP contribution in [0.3, 0.4) is 0 Å². The highest BCUT2D eigenvalue weighted by atomic mass is 16.5. The third-order valence-electron chi connectivity index (χ3n) is 3.23. The van der Waals surface area contributed by atoms with Crippen molar-refractivity contribution in [3.05, 3.63) is 0 Å². The van der Waals surface area contributed by atoms with E-state index in [1.54, 1.807) is 7.11 Å². The van der Waals surface area contributed by atoms with Gasteiger partial charge in [0.15, 0.2) is 0 Å². The quantitative estimate of drug-likeness (QED) is 0.704. The Morgan fingerprint density at radius 2 is 2.33 bits per heavy atom. The van der Waals surface area contributed by atoms with Gasteiger partial charge in [0, 0.05) is 19.8 Å². The van der Waals surface area contributed by atoms with E-state index in [1.807, 2.05) is 0 Å². The lowest BCUT2D eigenvalue weighted by molar-refractivity contribution is 0.0635. The maximum absolute atomic E-state index is 5.63. The van der Waals surface area contributed by atoms with Crippen LogP contribution in [0.25, 0.3) is 0 Å². The summed E-state index contributed by atoms with van der Waals surface area (Å²) in [5, 5.41) is 3.48. The molecular weight excluding hydrogens is 190 g/mol. The highest BCUT2D eigenvalue weighted by Crippen LogP contribution is 2.18. The van der Waals surface area contributed by atoms with Gasteiger partial charge in [0.2, 0.25) is 0 Å². The molecule has 0 saturated carbocycles. The molecule has 1 fully saturated rings. The molecule has 0 radical (unpaired) electrons. The lowest BCUT2D eigenvalue weighted by atomic mass is 10.0. The zero-order valence-corrected chi connectivity index (χ0v) is 10.3. The van der Waals surface area contributed by atoms with Crippen molar-refractivity contribution in [3.8, 4) is 0 Å². The first kappa shape index (κ1) is 12.9. The van der Waals surface area contributed by atoms with Crippen LogP contribution in [0.4, 0.5) is 0 Å². The van der Waals surface area contributed by atoms with E-state index in [-0.39, 0.29) is 6.10 Å². The van der Waals surface area contributed by atoms with Crippen LogP contribution < -0.4 is 5.32 Å². The van der Waals surface area contributed by atoms with E-state index in [9.17, 15) is 0 Å². The Kier molecular flexibility index (Phi) is 6.22. The van der Waals surface area contributed by atoms with Crippen molar-refractivity contribution >= 4 is 0 Å². The molecule has 0 amide bonds. The Morgan fingerprint density at radius 1 is 1.53 bits per heavy atom. The van der Waals surface area contributed by atoms with Gasteiger partial charge in [-0.05, 0) is 39.2 Å². The molecule has 0 aromatic heterocycles. The molecule has 1 aliphatic heterocycles. The number of ether oxygens (including phenoxy) is 2. The molecule has 0 aromatic rings. The standard InChI is InChI=1S/C12H25NO2/c1-4-13-12(10(2)14-3)8-7-11-6-5-9-15-11/h10-13H,4-9H2,1-3H3. The van der Waals surface area contributed by atoms with Gasteiger partial charge >= 0.3 is 0 Å². The summed E-state index contributed by atoms with van der Waals surface area (Å²) in [6, 6.07) is 0.462. The van der Waals surface area contributed by atoms with Crippen molar-refractivity contribution in [2.75, 3.05) is 20.3 Å². The van der Waals surface area contributed by atoms with Gasteiger partial charge in [0.05, 0.1) is 12.2 Å². The van der Waals surface area contributed by atoms with Crippen molar-refractivity contribution in [1.29, 1.82) is 0 Å². The molecule has 0 bridgehead atoms. The summed E-state index contributed by atoms with van der Waals surface area (Å²) in [7, 11) is 1.78. The average Bonchev–Trinajstić information content (AvgIpc) is 2.76. The van der Waals surface area contributed by atoms with Gasteiger partial charge in [-0.15, -0.1) is 0 Å². The number of rotatable bonds is 7. The molecule has 0 aromatic carbocycles. The van der Waals surface area contributed by atoms with Gasteiger partial charge in [-0.25, -0.2) is 0 Å². The SMILES string of the molecule is CCNC(CCC1CCCO1)C(C)OC. The van der Waals surface area contributed by atoms with E-state index in [0.29, 0.717) is 12.1 Å². The first-order chi connectivity index (χ1) is 7.27. The molecule has 3 heteroatoms. The van der Waals surface area contributed by atoms with E-state index < -0.39 is 0 Å². The summed E-state index contributed by atoms with van der Waals surface area (Å²) in [4.78, 5) is 0. The third-order valence-corrected chi connectivity index (χ3v) is 3.23. The van der Waals surface area contributed by atoms with E-state index in [1.165, 1.54) is 12.8 Å². The van der Waals surface area contributed by atoms with Gasteiger partial charge in [-0.2, -0.15) is 0 Å². The van der Waals surface area contributed by atoms with E-state index >= 15 is 0 Å². The highest BCUT2D eigenvalue weighted by Gasteiger charge is 2.20. The van der Waals surface area contributed by atoms with Gasteiger partial charge < -0.3 is 14.8 Å². The predicted molar refractivity (Wildman–Crippen MR) is 62.1 cm³/mol.